The summed E-state index contributed by atoms with van der Waals surface area (Å²) in [6.07, 6.45) is 6.32. The molecule has 37 heavy (non-hydrogen) atoms. The minimum absolute atomic E-state index is 0.0543. The number of benzene rings is 1. The van der Waals surface area contributed by atoms with Crippen LogP contribution >= 0.6 is 0 Å². The summed E-state index contributed by atoms with van der Waals surface area (Å²) in [5.74, 6) is 1.43. The molecule has 0 saturated carbocycles. The number of fused-ring (bicyclic) bond motifs is 3. The van der Waals surface area contributed by atoms with Crippen molar-refractivity contribution in [2.45, 2.75) is 40.2 Å². The van der Waals surface area contributed by atoms with Crippen LogP contribution in [0.15, 0.2) is 36.4 Å². The van der Waals surface area contributed by atoms with E-state index in [-0.39, 0.29) is 29.1 Å². The molecule has 202 valence electrons. The van der Waals surface area contributed by atoms with Crippen molar-refractivity contribution in [1.82, 2.24) is 19.6 Å². The van der Waals surface area contributed by atoms with Gasteiger partial charge in [-0.1, -0.05) is 51.1 Å². The lowest BCUT2D eigenvalue weighted by Gasteiger charge is -2.40. The number of hydrogen-bond donors (Lipinski definition) is 0. The molecule has 0 N–H and O–H groups in total. The van der Waals surface area contributed by atoms with E-state index in [4.69, 9.17) is 4.74 Å². The smallest absolute Gasteiger partial charge is 0.236 e. The second-order valence-corrected chi connectivity index (χ2v) is 11.8. The molecule has 2 bridgehead atoms. The summed E-state index contributed by atoms with van der Waals surface area (Å²) in [6, 6.07) is 8.07. The van der Waals surface area contributed by atoms with Gasteiger partial charge < -0.3 is 19.4 Å². The number of carbonyl (C=O) groups is 3. The SMILES string of the molecule is CC(C)(C)CN1CC(=O)N2CC[C@@H](CC(=O)N3CCN(C=O)CC3)[C@@H](C=CCOc3ccccc3C1)C2. The summed E-state index contributed by atoms with van der Waals surface area (Å²) in [7, 11) is 0. The summed E-state index contributed by atoms with van der Waals surface area (Å²) in [5, 5.41) is 0. The zero-order valence-electron chi connectivity index (χ0n) is 22.6. The standard InChI is InChI=1S/C29H42N4O4/c1-29(2,3)21-31-18-25-7-4-5-9-26(25)37-16-6-8-24-19-33(28(36)20-31)11-10-23(24)17-27(35)32-14-12-30(22-34)13-15-32/h4-9,22-24H,10-21H2,1-3H3/t23-,24-/m0/s1. The molecular weight excluding hydrogens is 468 g/mol. The number of amides is 3. The molecule has 0 spiro atoms. The van der Waals surface area contributed by atoms with Crippen molar-refractivity contribution in [3.05, 3.63) is 42.0 Å². The number of para-hydroxylation sites is 1. The molecule has 3 amide bonds. The minimum Gasteiger partial charge on any atom is -0.489 e. The van der Waals surface area contributed by atoms with E-state index in [1.807, 2.05) is 34.1 Å². The van der Waals surface area contributed by atoms with Crippen LogP contribution in [0.3, 0.4) is 0 Å². The van der Waals surface area contributed by atoms with E-state index in [0.29, 0.717) is 65.4 Å². The molecular formula is C29H42N4O4. The predicted octanol–water partition coefficient (Wildman–Crippen LogP) is 2.64. The maximum absolute atomic E-state index is 13.5. The lowest BCUT2D eigenvalue weighted by molar-refractivity contribution is -0.138. The van der Waals surface area contributed by atoms with Crippen molar-refractivity contribution in [3.63, 3.8) is 0 Å². The number of piperidine rings is 1. The van der Waals surface area contributed by atoms with E-state index in [1.165, 1.54) is 0 Å². The molecule has 2 fully saturated rings. The predicted molar refractivity (Wildman–Crippen MR) is 143 cm³/mol. The fourth-order valence-electron chi connectivity index (χ4n) is 5.67. The summed E-state index contributed by atoms with van der Waals surface area (Å²) < 4.78 is 6.16. The Labute approximate surface area is 221 Å². The van der Waals surface area contributed by atoms with Crippen LogP contribution in [0, 0.1) is 17.3 Å². The third kappa shape index (κ3) is 7.57. The second kappa shape index (κ2) is 12.1. The monoisotopic (exact) mass is 510 g/mol. The molecule has 0 aromatic heterocycles. The lowest BCUT2D eigenvalue weighted by Crippen LogP contribution is -2.50. The quantitative estimate of drug-likeness (QED) is 0.460. The topological polar surface area (TPSA) is 73.4 Å². The first-order valence-electron chi connectivity index (χ1n) is 13.6. The summed E-state index contributed by atoms with van der Waals surface area (Å²) in [6.45, 7) is 12.5. The highest BCUT2D eigenvalue weighted by Crippen LogP contribution is 2.30. The van der Waals surface area contributed by atoms with E-state index in [9.17, 15) is 14.4 Å². The van der Waals surface area contributed by atoms with Gasteiger partial charge in [-0.15, -0.1) is 0 Å². The first-order valence-corrected chi connectivity index (χ1v) is 13.6. The van der Waals surface area contributed by atoms with Gasteiger partial charge in [0.15, 0.2) is 0 Å². The molecule has 8 heteroatoms. The second-order valence-electron chi connectivity index (χ2n) is 11.8. The van der Waals surface area contributed by atoms with Crippen LogP contribution in [0.4, 0.5) is 0 Å². The third-order valence-corrected chi connectivity index (χ3v) is 7.55. The Bertz CT molecular complexity index is 980. The Morgan fingerprint density at radius 3 is 2.57 bits per heavy atom. The summed E-state index contributed by atoms with van der Waals surface area (Å²) in [5.41, 5.74) is 1.14. The van der Waals surface area contributed by atoms with E-state index < -0.39 is 0 Å². The zero-order chi connectivity index (χ0) is 26.4. The first-order chi connectivity index (χ1) is 17.7. The molecule has 2 saturated heterocycles. The van der Waals surface area contributed by atoms with E-state index in [2.05, 4.69) is 37.8 Å². The molecule has 8 nitrogen and oxygen atoms in total. The molecule has 0 radical (unpaired) electrons. The molecule has 1 aromatic rings. The number of piperazine rings is 1. The Morgan fingerprint density at radius 1 is 1.08 bits per heavy atom. The Morgan fingerprint density at radius 2 is 1.84 bits per heavy atom. The molecule has 3 heterocycles. The molecule has 3 aliphatic rings. The normalized spacial score (nSPS) is 23.9. The molecule has 0 unspecified atom stereocenters. The van der Waals surface area contributed by atoms with Crippen LogP contribution in [0.2, 0.25) is 0 Å². The number of nitrogens with zero attached hydrogens (tertiary/aromatic N) is 4. The van der Waals surface area contributed by atoms with Crippen LogP contribution in [-0.4, -0.2) is 96.8 Å². The Balaban J connectivity index is 1.49. The fourth-order valence-corrected chi connectivity index (χ4v) is 5.67. The fraction of sp³-hybridized carbons (Fsp3) is 0.621. The Kier molecular flexibility index (Phi) is 8.90. The number of ether oxygens (including phenoxy) is 1. The molecule has 0 aliphatic carbocycles. The average Bonchev–Trinajstić information content (AvgIpc) is 2.87. The van der Waals surface area contributed by atoms with Crippen molar-refractivity contribution < 1.29 is 19.1 Å². The molecule has 3 aliphatic heterocycles. The lowest BCUT2D eigenvalue weighted by atomic mass is 9.82. The maximum Gasteiger partial charge on any atom is 0.236 e. The van der Waals surface area contributed by atoms with Crippen LogP contribution in [0.25, 0.3) is 0 Å². The highest BCUT2D eigenvalue weighted by molar-refractivity contribution is 5.79. The van der Waals surface area contributed by atoms with E-state index >= 15 is 0 Å². The van der Waals surface area contributed by atoms with Gasteiger partial charge in [-0.2, -0.15) is 0 Å². The van der Waals surface area contributed by atoms with Gasteiger partial charge in [0.05, 0.1) is 6.54 Å². The molecule has 1 aromatic carbocycles. The number of rotatable bonds is 4. The van der Waals surface area contributed by atoms with Gasteiger partial charge in [-0.3, -0.25) is 19.3 Å². The zero-order valence-corrected chi connectivity index (χ0v) is 22.6. The van der Waals surface area contributed by atoms with Crippen molar-refractivity contribution in [3.8, 4) is 5.75 Å². The van der Waals surface area contributed by atoms with Crippen LogP contribution < -0.4 is 4.74 Å². The summed E-state index contributed by atoms with van der Waals surface area (Å²) >= 11 is 0. The van der Waals surface area contributed by atoms with Gasteiger partial charge >= 0.3 is 0 Å². The molecule has 4 rings (SSSR count). The molecule has 2 atom stereocenters. The number of hydrogen-bond acceptors (Lipinski definition) is 5. The van der Waals surface area contributed by atoms with Crippen molar-refractivity contribution in [2.75, 3.05) is 59.0 Å². The van der Waals surface area contributed by atoms with Gasteiger partial charge in [0.2, 0.25) is 18.2 Å². The largest absolute Gasteiger partial charge is 0.489 e. The highest BCUT2D eigenvalue weighted by Gasteiger charge is 2.34. The van der Waals surface area contributed by atoms with Crippen LogP contribution in [-0.2, 0) is 20.9 Å². The van der Waals surface area contributed by atoms with Crippen molar-refractivity contribution in [1.29, 1.82) is 0 Å². The number of carbonyl (C=O) groups excluding carboxylic acids is 3. The van der Waals surface area contributed by atoms with Gasteiger partial charge in [0.25, 0.3) is 0 Å². The van der Waals surface area contributed by atoms with Gasteiger partial charge in [0.1, 0.15) is 12.4 Å². The average molecular weight is 511 g/mol. The first kappa shape index (κ1) is 27.2. The Hall–Kier alpha value is -2.87. The van der Waals surface area contributed by atoms with Crippen molar-refractivity contribution in [2.24, 2.45) is 17.3 Å². The van der Waals surface area contributed by atoms with E-state index in [1.54, 1.807) is 4.90 Å². The highest BCUT2D eigenvalue weighted by atomic mass is 16.5. The van der Waals surface area contributed by atoms with Gasteiger partial charge in [0, 0.05) is 64.3 Å². The van der Waals surface area contributed by atoms with Gasteiger partial charge in [-0.25, -0.2) is 0 Å². The van der Waals surface area contributed by atoms with Gasteiger partial charge in [-0.05, 0) is 29.7 Å². The van der Waals surface area contributed by atoms with Crippen LogP contribution in [0.1, 0.15) is 39.2 Å². The maximum atomic E-state index is 13.5. The third-order valence-electron chi connectivity index (χ3n) is 7.55. The van der Waals surface area contributed by atoms with Crippen molar-refractivity contribution >= 4 is 18.2 Å². The van der Waals surface area contributed by atoms with Crippen LogP contribution in [0.5, 0.6) is 5.75 Å². The minimum atomic E-state index is 0.0543. The summed E-state index contributed by atoms with van der Waals surface area (Å²) in [4.78, 5) is 45.4. The van der Waals surface area contributed by atoms with E-state index in [0.717, 1.165) is 30.7 Å².